The van der Waals surface area contributed by atoms with E-state index >= 15 is 0 Å². The number of benzene rings is 1. The van der Waals surface area contributed by atoms with Crippen LogP contribution in [0.25, 0.3) is 0 Å². The first-order valence-electron chi connectivity index (χ1n) is 6.13. The number of aromatic nitrogens is 2. The monoisotopic (exact) mass is 258 g/mol. The summed E-state index contributed by atoms with van der Waals surface area (Å²) in [5.74, 6) is 1.66. The zero-order valence-corrected chi connectivity index (χ0v) is 11.7. The number of rotatable bonds is 3. The van der Waals surface area contributed by atoms with Gasteiger partial charge >= 0.3 is 0 Å². The molecule has 0 amide bonds. The molecule has 1 aromatic carbocycles. The van der Waals surface area contributed by atoms with Gasteiger partial charge in [-0.3, -0.25) is 0 Å². The SMILES string of the molecule is COc1cncnc1Oc1ccc(C(C)(C)C)cc1. The second-order valence-corrected chi connectivity index (χ2v) is 5.27. The van der Waals surface area contributed by atoms with Gasteiger partial charge in [0.2, 0.25) is 0 Å². The van der Waals surface area contributed by atoms with Gasteiger partial charge in [-0.2, -0.15) is 4.98 Å². The number of hydrogen-bond donors (Lipinski definition) is 0. The fourth-order valence-electron chi connectivity index (χ4n) is 1.66. The van der Waals surface area contributed by atoms with Crippen LogP contribution in [0.4, 0.5) is 0 Å². The second kappa shape index (κ2) is 5.26. The summed E-state index contributed by atoms with van der Waals surface area (Å²) in [7, 11) is 1.56. The van der Waals surface area contributed by atoms with Crippen molar-refractivity contribution < 1.29 is 9.47 Å². The van der Waals surface area contributed by atoms with Crippen LogP contribution in [0.5, 0.6) is 17.4 Å². The Morgan fingerprint density at radius 1 is 1.05 bits per heavy atom. The Hall–Kier alpha value is -2.10. The zero-order valence-electron chi connectivity index (χ0n) is 11.7. The lowest BCUT2D eigenvalue weighted by Gasteiger charge is -2.19. The first-order valence-corrected chi connectivity index (χ1v) is 6.13. The molecule has 4 heteroatoms. The highest BCUT2D eigenvalue weighted by Gasteiger charge is 2.13. The minimum Gasteiger partial charge on any atom is -0.490 e. The zero-order chi connectivity index (χ0) is 13.9. The van der Waals surface area contributed by atoms with Crippen molar-refractivity contribution in [3.63, 3.8) is 0 Å². The van der Waals surface area contributed by atoms with Crippen molar-refractivity contribution in [3.8, 4) is 17.4 Å². The summed E-state index contributed by atoms with van der Waals surface area (Å²) < 4.78 is 10.8. The molecule has 0 radical (unpaired) electrons. The minimum atomic E-state index is 0.130. The normalized spacial score (nSPS) is 11.2. The molecule has 1 aromatic heterocycles. The van der Waals surface area contributed by atoms with Gasteiger partial charge in [0, 0.05) is 0 Å². The number of ether oxygens (including phenoxy) is 2. The lowest BCUT2D eigenvalue weighted by molar-refractivity contribution is 0.367. The highest BCUT2D eigenvalue weighted by molar-refractivity contribution is 5.37. The van der Waals surface area contributed by atoms with Crippen molar-refractivity contribution in [1.29, 1.82) is 0 Å². The molecular formula is C15H18N2O2. The van der Waals surface area contributed by atoms with E-state index in [4.69, 9.17) is 9.47 Å². The Bertz CT molecular complexity index is 545. The van der Waals surface area contributed by atoms with Crippen LogP contribution in [0.3, 0.4) is 0 Å². The van der Waals surface area contributed by atoms with E-state index in [-0.39, 0.29) is 5.41 Å². The summed E-state index contributed by atoms with van der Waals surface area (Å²) in [6.45, 7) is 6.53. The molecule has 0 aliphatic carbocycles. The third kappa shape index (κ3) is 3.22. The van der Waals surface area contributed by atoms with E-state index in [1.54, 1.807) is 13.3 Å². The molecule has 100 valence electrons. The van der Waals surface area contributed by atoms with E-state index < -0.39 is 0 Å². The predicted octanol–water partition coefficient (Wildman–Crippen LogP) is 3.58. The van der Waals surface area contributed by atoms with Crippen LogP contribution >= 0.6 is 0 Å². The molecule has 0 atom stereocenters. The van der Waals surface area contributed by atoms with Crippen molar-refractivity contribution in [2.75, 3.05) is 7.11 Å². The molecule has 0 N–H and O–H groups in total. The van der Waals surface area contributed by atoms with Crippen LogP contribution in [0.15, 0.2) is 36.8 Å². The quantitative estimate of drug-likeness (QED) is 0.844. The molecule has 0 saturated carbocycles. The lowest BCUT2D eigenvalue weighted by Crippen LogP contribution is -2.10. The van der Waals surface area contributed by atoms with Gasteiger partial charge in [-0.15, -0.1) is 0 Å². The first-order chi connectivity index (χ1) is 9.00. The van der Waals surface area contributed by atoms with E-state index in [0.717, 1.165) is 5.75 Å². The molecular weight excluding hydrogens is 240 g/mol. The third-order valence-electron chi connectivity index (χ3n) is 2.80. The fraction of sp³-hybridized carbons (Fsp3) is 0.333. The van der Waals surface area contributed by atoms with Crippen molar-refractivity contribution in [3.05, 3.63) is 42.4 Å². The summed E-state index contributed by atoms with van der Waals surface area (Å²) in [5, 5.41) is 0. The first kappa shape index (κ1) is 13.3. The molecule has 0 unspecified atom stereocenters. The van der Waals surface area contributed by atoms with Gasteiger partial charge in [-0.1, -0.05) is 32.9 Å². The Morgan fingerprint density at radius 2 is 1.74 bits per heavy atom. The summed E-state index contributed by atoms with van der Waals surface area (Å²) in [6.07, 6.45) is 3.01. The van der Waals surface area contributed by atoms with E-state index in [2.05, 4.69) is 42.9 Å². The van der Waals surface area contributed by atoms with Crippen LogP contribution in [-0.4, -0.2) is 17.1 Å². The van der Waals surface area contributed by atoms with Gasteiger partial charge in [0.25, 0.3) is 5.88 Å². The number of hydrogen-bond acceptors (Lipinski definition) is 4. The van der Waals surface area contributed by atoms with Crippen LogP contribution < -0.4 is 9.47 Å². The molecule has 2 aromatic rings. The Balaban J connectivity index is 2.20. The molecule has 0 aliphatic heterocycles. The molecule has 0 saturated heterocycles. The van der Waals surface area contributed by atoms with Crippen LogP contribution in [0.2, 0.25) is 0 Å². The van der Waals surface area contributed by atoms with Crippen LogP contribution in [0, 0.1) is 0 Å². The highest BCUT2D eigenvalue weighted by Crippen LogP contribution is 2.29. The van der Waals surface area contributed by atoms with Gasteiger partial charge in [0.05, 0.1) is 13.3 Å². The standard InChI is InChI=1S/C15H18N2O2/c1-15(2,3)11-5-7-12(8-6-11)19-14-13(18-4)9-16-10-17-14/h5-10H,1-4H3. The fourth-order valence-corrected chi connectivity index (χ4v) is 1.66. The molecule has 0 aliphatic rings. The topological polar surface area (TPSA) is 44.2 Å². The molecule has 0 bridgehead atoms. The van der Waals surface area contributed by atoms with Gasteiger partial charge in [-0.25, -0.2) is 4.98 Å². The second-order valence-electron chi connectivity index (χ2n) is 5.27. The van der Waals surface area contributed by atoms with Gasteiger partial charge < -0.3 is 9.47 Å². The van der Waals surface area contributed by atoms with Crippen molar-refractivity contribution in [1.82, 2.24) is 9.97 Å². The minimum absolute atomic E-state index is 0.130. The highest BCUT2D eigenvalue weighted by atomic mass is 16.5. The number of methoxy groups -OCH3 is 1. The smallest absolute Gasteiger partial charge is 0.265 e. The summed E-state index contributed by atoms with van der Waals surface area (Å²) in [6, 6.07) is 7.98. The van der Waals surface area contributed by atoms with Gasteiger partial charge in [0.1, 0.15) is 12.1 Å². The van der Waals surface area contributed by atoms with Crippen LogP contribution in [0.1, 0.15) is 26.3 Å². The van der Waals surface area contributed by atoms with Crippen molar-refractivity contribution >= 4 is 0 Å². The maximum atomic E-state index is 5.69. The summed E-state index contributed by atoms with van der Waals surface area (Å²) in [4.78, 5) is 7.95. The van der Waals surface area contributed by atoms with Crippen LogP contribution in [-0.2, 0) is 5.41 Å². The molecule has 19 heavy (non-hydrogen) atoms. The third-order valence-corrected chi connectivity index (χ3v) is 2.80. The molecule has 1 heterocycles. The van der Waals surface area contributed by atoms with Crippen molar-refractivity contribution in [2.24, 2.45) is 0 Å². The van der Waals surface area contributed by atoms with Gasteiger partial charge in [0.15, 0.2) is 5.75 Å². The van der Waals surface area contributed by atoms with E-state index in [0.29, 0.717) is 11.6 Å². The maximum Gasteiger partial charge on any atom is 0.265 e. The predicted molar refractivity (Wildman–Crippen MR) is 73.8 cm³/mol. The lowest BCUT2D eigenvalue weighted by atomic mass is 9.87. The maximum absolute atomic E-state index is 5.69. The van der Waals surface area contributed by atoms with Gasteiger partial charge in [-0.05, 0) is 23.1 Å². The Labute approximate surface area is 113 Å². The molecule has 2 rings (SSSR count). The van der Waals surface area contributed by atoms with E-state index in [9.17, 15) is 0 Å². The summed E-state index contributed by atoms with van der Waals surface area (Å²) in [5.41, 5.74) is 1.39. The Kier molecular flexibility index (Phi) is 3.69. The molecule has 0 spiro atoms. The molecule has 4 nitrogen and oxygen atoms in total. The number of nitrogens with zero attached hydrogens (tertiary/aromatic N) is 2. The average molecular weight is 258 g/mol. The summed E-state index contributed by atoms with van der Waals surface area (Å²) >= 11 is 0. The van der Waals surface area contributed by atoms with E-state index in [1.807, 2.05) is 12.1 Å². The van der Waals surface area contributed by atoms with Crippen molar-refractivity contribution in [2.45, 2.75) is 26.2 Å². The largest absolute Gasteiger partial charge is 0.490 e. The Morgan fingerprint density at radius 3 is 2.32 bits per heavy atom. The molecule has 0 fully saturated rings. The average Bonchev–Trinajstić information content (AvgIpc) is 2.39. The van der Waals surface area contributed by atoms with E-state index in [1.165, 1.54) is 11.9 Å².